The minimum Gasteiger partial charge on any atom is -0.443 e. The number of ether oxygens (including phenoxy) is 1. The Labute approximate surface area is 154 Å². The molecule has 1 unspecified atom stereocenters. The van der Waals surface area contributed by atoms with E-state index in [1.165, 1.54) is 15.9 Å². The molecule has 7 nitrogen and oxygen atoms in total. The number of hydrogen-bond acceptors (Lipinski definition) is 7. The molecule has 2 aromatic heterocycles. The van der Waals surface area contributed by atoms with Crippen molar-refractivity contribution in [1.82, 2.24) is 14.8 Å². The van der Waals surface area contributed by atoms with Gasteiger partial charge in [0, 0.05) is 10.9 Å². The van der Waals surface area contributed by atoms with Gasteiger partial charge in [0.1, 0.15) is 5.60 Å². The lowest BCUT2D eigenvalue weighted by Gasteiger charge is -2.20. The van der Waals surface area contributed by atoms with Crippen molar-refractivity contribution < 1.29 is 14.3 Å². The van der Waals surface area contributed by atoms with Gasteiger partial charge in [-0.2, -0.15) is 11.3 Å². The van der Waals surface area contributed by atoms with Gasteiger partial charge < -0.3 is 10.5 Å². The third-order valence-corrected chi connectivity index (χ3v) is 4.80. The first-order valence-corrected chi connectivity index (χ1v) is 9.33. The van der Waals surface area contributed by atoms with E-state index in [1.807, 2.05) is 16.8 Å². The topological polar surface area (TPSA) is 100 Å². The van der Waals surface area contributed by atoms with Crippen LogP contribution < -0.4 is 5.73 Å². The minimum atomic E-state index is -0.681. The number of carbonyl (C=O) groups is 2. The molecule has 1 amide bonds. The van der Waals surface area contributed by atoms with Crippen LogP contribution in [0.25, 0.3) is 11.4 Å². The predicted molar refractivity (Wildman–Crippen MR) is 98.6 cm³/mol. The van der Waals surface area contributed by atoms with Gasteiger partial charge in [-0.15, -0.1) is 16.8 Å². The molecule has 0 radical (unpaired) electrons. The largest absolute Gasteiger partial charge is 0.443 e. The van der Waals surface area contributed by atoms with Crippen LogP contribution in [-0.2, 0) is 9.53 Å². The monoisotopic (exact) mass is 380 g/mol. The minimum absolute atomic E-state index is 0.251. The number of thioether (sulfide) groups is 1. The number of nitrogens with two attached hydrogens (primary N) is 1. The van der Waals surface area contributed by atoms with Gasteiger partial charge in [-0.25, -0.2) is 9.36 Å². The summed E-state index contributed by atoms with van der Waals surface area (Å²) in [4.78, 5) is 24.3. The molecule has 1 atom stereocenters. The Morgan fingerprint density at radius 3 is 2.72 bits per heavy atom. The zero-order chi connectivity index (χ0) is 18.6. The van der Waals surface area contributed by atoms with Crippen molar-refractivity contribution in [3.8, 4) is 11.4 Å². The van der Waals surface area contributed by atoms with E-state index in [1.54, 1.807) is 26.8 Å². The van der Waals surface area contributed by atoms with Gasteiger partial charge in [0.25, 0.3) is 0 Å². The summed E-state index contributed by atoms with van der Waals surface area (Å²) >= 11 is 2.54. The maximum atomic E-state index is 12.7. The van der Waals surface area contributed by atoms with E-state index in [4.69, 9.17) is 10.5 Å². The van der Waals surface area contributed by atoms with Crippen LogP contribution in [0.15, 0.2) is 34.6 Å². The number of carbonyl (C=O) groups excluding carboxylic acids is 2. The lowest BCUT2D eigenvalue weighted by atomic mass is 10.2. The molecule has 0 aliphatic carbocycles. The first kappa shape index (κ1) is 19.2. The number of primary amides is 1. The molecule has 0 spiro atoms. The van der Waals surface area contributed by atoms with E-state index in [0.717, 1.165) is 17.3 Å². The van der Waals surface area contributed by atoms with E-state index < -0.39 is 22.9 Å². The van der Waals surface area contributed by atoms with Crippen LogP contribution in [0, 0.1) is 0 Å². The van der Waals surface area contributed by atoms with E-state index in [9.17, 15) is 9.59 Å². The summed E-state index contributed by atoms with van der Waals surface area (Å²) in [6.07, 6.45) is 1.34. The van der Waals surface area contributed by atoms with Crippen molar-refractivity contribution in [1.29, 1.82) is 0 Å². The molecular weight excluding hydrogens is 360 g/mol. The van der Waals surface area contributed by atoms with E-state index in [-0.39, 0.29) is 5.16 Å². The maximum absolute atomic E-state index is 12.7. The average molecular weight is 380 g/mol. The highest BCUT2D eigenvalue weighted by Gasteiger charge is 2.28. The van der Waals surface area contributed by atoms with Gasteiger partial charge in [0.15, 0.2) is 5.82 Å². The number of nitrogens with zero attached hydrogens (tertiary/aromatic N) is 3. The Kier molecular flexibility index (Phi) is 6.02. The van der Waals surface area contributed by atoms with Crippen molar-refractivity contribution in [3.05, 3.63) is 29.5 Å². The number of hydrogen-bond donors (Lipinski definition) is 1. The Morgan fingerprint density at radius 2 is 2.20 bits per heavy atom. The number of rotatable bonds is 6. The van der Waals surface area contributed by atoms with Crippen molar-refractivity contribution in [2.45, 2.75) is 43.2 Å². The number of amides is 1. The fraction of sp³-hybridized carbons (Fsp3) is 0.375. The Bertz CT molecular complexity index is 763. The molecule has 2 heterocycles. The van der Waals surface area contributed by atoms with Crippen molar-refractivity contribution in [3.63, 3.8) is 0 Å². The SMILES string of the molecule is C=CCC(Sc1nnc(-c2ccsc2)n1C(=O)OC(C)(C)C)C(N)=O. The van der Waals surface area contributed by atoms with Gasteiger partial charge in [-0.3, -0.25) is 4.79 Å². The van der Waals surface area contributed by atoms with Gasteiger partial charge in [0.2, 0.25) is 11.1 Å². The summed E-state index contributed by atoms with van der Waals surface area (Å²) < 4.78 is 6.74. The zero-order valence-corrected chi connectivity index (χ0v) is 15.9. The Morgan fingerprint density at radius 1 is 1.48 bits per heavy atom. The van der Waals surface area contributed by atoms with Crippen LogP contribution in [0.3, 0.4) is 0 Å². The highest BCUT2D eigenvalue weighted by Crippen LogP contribution is 2.30. The molecule has 0 saturated carbocycles. The fourth-order valence-corrected chi connectivity index (χ4v) is 3.49. The standard InChI is InChI=1S/C16H20N4O3S2/c1-5-6-11(12(17)21)25-14-19-18-13(10-7-8-24-9-10)20(14)15(22)23-16(2,3)4/h5,7-9,11H,1,6H2,2-4H3,(H2,17,21). The predicted octanol–water partition coefficient (Wildman–Crippen LogP) is 3.31. The Balaban J connectivity index is 2.44. The normalized spacial score (nSPS) is 12.6. The van der Waals surface area contributed by atoms with Gasteiger partial charge in [-0.05, 0) is 38.6 Å². The first-order valence-electron chi connectivity index (χ1n) is 7.51. The summed E-state index contributed by atoms with van der Waals surface area (Å²) in [5, 5.41) is 11.6. The van der Waals surface area contributed by atoms with Gasteiger partial charge >= 0.3 is 6.09 Å². The molecule has 0 fully saturated rings. The molecule has 134 valence electrons. The lowest BCUT2D eigenvalue weighted by Crippen LogP contribution is -2.29. The molecule has 0 aliphatic rings. The van der Waals surface area contributed by atoms with Crippen LogP contribution in [0.5, 0.6) is 0 Å². The zero-order valence-electron chi connectivity index (χ0n) is 14.3. The number of thiophene rings is 1. The summed E-state index contributed by atoms with van der Waals surface area (Å²) in [6.45, 7) is 8.94. The molecule has 25 heavy (non-hydrogen) atoms. The van der Waals surface area contributed by atoms with Crippen LogP contribution >= 0.6 is 23.1 Å². The van der Waals surface area contributed by atoms with Crippen LogP contribution in [0.2, 0.25) is 0 Å². The van der Waals surface area contributed by atoms with E-state index in [2.05, 4.69) is 16.8 Å². The highest BCUT2D eigenvalue weighted by molar-refractivity contribution is 8.00. The molecule has 0 bridgehead atoms. The second kappa shape index (κ2) is 7.83. The number of aromatic nitrogens is 3. The summed E-state index contributed by atoms with van der Waals surface area (Å²) in [5.41, 5.74) is 5.48. The van der Waals surface area contributed by atoms with E-state index in [0.29, 0.717) is 12.2 Å². The molecule has 2 rings (SSSR count). The third kappa shape index (κ3) is 4.93. The summed E-state index contributed by atoms with van der Waals surface area (Å²) in [5.74, 6) is -0.152. The van der Waals surface area contributed by atoms with E-state index >= 15 is 0 Å². The third-order valence-electron chi connectivity index (χ3n) is 2.93. The van der Waals surface area contributed by atoms with Gasteiger partial charge in [0.05, 0.1) is 5.25 Å². The molecule has 2 aromatic rings. The highest BCUT2D eigenvalue weighted by atomic mass is 32.2. The molecule has 9 heteroatoms. The van der Waals surface area contributed by atoms with Gasteiger partial charge in [-0.1, -0.05) is 17.8 Å². The lowest BCUT2D eigenvalue weighted by molar-refractivity contribution is -0.117. The maximum Gasteiger partial charge on any atom is 0.422 e. The van der Waals surface area contributed by atoms with Crippen molar-refractivity contribution >= 4 is 35.1 Å². The van der Waals surface area contributed by atoms with Crippen LogP contribution in [0.4, 0.5) is 4.79 Å². The molecule has 0 saturated heterocycles. The molecule has 2 N–H and O–H groups in total. The molecule has 0 aromatic carbocycles. The van der Waals surface area contributed by atoms with Crippen LogP contribution in [0.1, 0.15) is 27.2 Å². The molecular formula is C16H20N4O3S2. The first-order chi connectivity index (χ1) is 11.7. The average Bonchev–Trinajstić information content (AvgIpc) is 3.13. The second-order valence-corrected chi connectivity index (χ2v) is 8.12. The Hall–Kier alpha value is -2.13. The fourth-order valence-electron chi connectivity index (χ4n) is 1.90. The summed E-state index contributed by atoms with van der Waals surface area (Å²) in [7, 11) is 0. The second-order valence-electron chi connectivity index (χ2n) is 6.17. The van der Waals surface area contributed by atoms with Crippen molar-refractivity contribution in [2.24, 2.45) is 5.73 Å². The molecule has 0 aliphatic heterocycles. The quantitative estimate of drug-likeness (QED) is 0.609. The van der Waals surface area contributed by atoms with Crippen LogP contribution in [-0.4, -0.2) is 37.6 Å². The summed E-state index contributed by atoms with van der Waals surface area (Å²) in [6, 6.07) is 1.83. The number of allylic oxidation sites excluding steroid dienone is 1. The van der Waals surface area contributed by atoms with Crippen molar-refractivity contribution in [2.75, 3.05) is 0 Å². The smallest absolute Gasteiger partial charge is 0.422 e.